The maximum Gasteiger partial charge on any atom is 0.261 e. The number of hydrogen-bond acceptors (Lipinski definition) is 5. The summed E-state index contributed by atoms with van der Waals surface area (Å²) in [5, 5.41) is 5.53. The first-order chi connectivity index (χ1) is 17.6. The monoisotopic (exact) mass is 496 g/mol. The van der Waals surface area contributed by atoms with Crippen LogP contribution in [-0.4, -0.2) is 15.2 Å². The number of anilines is 2. The van der Waals surface area contributed by atoms with Crippen molar-refractivity contribution in [2.45, 2.75) is 23.3 Å². The van der Waals surface area contributed by atoms with E-state index in [1.54, 1.807) is 12.1 Å². The van der Waals surface area contributed by atoms with E-state index < -0.39 is 10.0 Å². The lowest BCUT2D eigenvalue weighted by atomic mass is 9.77. The molecule has 0 radical (unpaired) electrons. The molecule has 0 bridgehead atoms. The van der Waals surface area contributed by atoms with Crippen LogP contribution in [-0.2, 0) is 10.0 Å². The van der Waals surface area contributed by atoms with Crippen LogP contribution in [0.25, 0.3) is 10.8 Å². The Bertz CT molecular complexity index is 1640. The number of fused-ring (bicyclic) bond motifs is 5. The molecule has 1 aliphatic carbocycles. The van der Waals surface area contributed by atoms with Crippen LogP contribution in [0.2, 0.25) is 0 Å². The van der Waals surface area contributed by atoms with Crippen molar-refractivity contribution in [3.63, 3.8) is 0 Å². The summed E-state index contributed by atoms with van der Waals surface area (Å²) in [4.78, 5) is 0.261. The Morgan fingerprint density at radius 2 is 1.75 bits per heavy atom. The molecule has 6 nitrogen and oxygen atoms in total. The van der Waals surface area contributed by atoms with Crippen molar-refractivity contribution >= 4 is 32.2 Å². The summed E-state index contributed by atoms with van der Waals surface area (Å²) < 4.78 is 40.8. The molecule has 4 aromatic rings. The minimum atomic E-state index is -3.77. The maximum atomic E-state index is 13.4. The second kappa shape index (κ2) is 8.03. The number of allylic oxidation sites excluding steroid dienone is 2. The third-order valence-electron chi connectivity index (χ3n) is 7.43. The smallest absolute Gasteiger partial charge is 0.261 e. The van der Waals surface area contributed by atoms with Gasteiger partial charge in [-0.05, 0) is 65.3 Å². The molecule has 180 valence electrons. The highest BCUT2D eigenvalue weighted by atomic mass is 32.2. The van der Waals surface area contributed by atoms with Crippen molar-refractivity contribution < 1.29 is 17.9 Å². The van der Waals surface area contributed by atoms with E-state index in [9.17, 15) is 8.42 Å². The Kier molecular flexibility index (Phi) is 4.76. The van der Waals surface area contributed by atoms with Crippen LogP contribution >= 0.6 is 0 Å². The number of nitrogens with one attached hydrogen (secondary N) is 2. The number of ether oxygens (including phenoxy) is 2. The molecule has 0 amide bonds. The molecule has 36 heavy (non-hydrogen) atoms. The quantitative estimate of drug-likeness (QED) is 0.329. The molecule has 7 rings (SSSR count). The van der Waals surface area contributed by atoms with E-state index in [1.807, 2.05) is 60.7 Å². The average Bonchev–Trinajstić information content (AvgIpc) is 3.58. The van der Waals surface area contributed by atoms with Gasteiger partial charge in [-0.2, -0.15) is 0 Å². The summed E-state index contributed by atoms with van der Waals surface area (Å²) in [5.41, 5.74) is 3.67. The molecular weight excluding hydrogens is 472 g/mol. The van der Waals surface area contributed by atoms with Crippen LogP contribution < -0.4 is 19.5 Å². The van der Waals surface area contributed by atoms with Gasteiger partial charge < -0.3 is 14.8 Å². The molecule has 0 spiro atoms. The summed E-state index contributed by atoms with van der Waals surface area (Å²) in [6.45, 7) is 0.247. The molecular formula is C29H24N2O4S. The van der Waals surface area contributed by atoms with Gasteiger partial charge in [0.1, 0.15) is 0 Å². The van der Waals surface area contributed by atoms with Crippen LogP contribution in [0.4, 0.5) is 11.4 Å². The van der Waals surface area contributed by atoms with Crippen molar-refractivity contribution in [1.29, 1.82) is 0 Å². The molecule has 3 aliphatic rings. The Balaban J connectivity index is 1.23. The highest BCUT2D eigenvalue weighted by Gasteiger charge is 2.39. The van der Waals surface area contributed by atoms with Crippen LogP contribution in [0.1, 0.15) is 29.5 Å². The van der Waals surface area contributed by atoms with Gasteiger partial charge in [0.2, 0.25) is 6.79 Å². The predicted octanol–water partition coefficient (Wildman–Crippen LogP) is 6.20. The molecule has 4 aromatic carbocycles. The zero-order valence-corrected chi connectivity index (χ0v) is 20.2. The highest BCUT2D eigenvalue weighted by molar-refractivity contribution is 7.92. The van der Waals surface area contributed by atoms with Crippen LogP contribution in [0.5, 0.6) is 11.5 Å². The van der Waals surface area contributed by atoms with Gasteiger partial charge in [0.25, 0.3) is 10.0 Å². The highest BCUT2D eigenvalue weighted by Crippen LogP contribution is 2.51. The van der Waals surface area contributed by atoms with Gasteiger partial charge in [-0.25, -0.2) is 8.42 Å². The fourth-order valence-electron chi connectivity index (χ4n) is 5.69. The van der Waals surface area contributed by atoms with Gasteiger partial charge in [-0.3, -0.25) is 4.72 Å². The molecule has 2 N–H and O–H groups in total. The van der Waals surface area contributed by atoms with E-state index in [-0.39, 0.29) is 29.6 Å². The second-order valence-electron chi connectivity index (χ2n) is 9.47. The van der Waals surface area contributed by atoms with Crippen LogP contribution in [0, 0.1) is 5.92 Å². The zero-order chi connectivity index (χ0) is 24.3. The maximum absolute atomic E-state index is 13.4. The number of benzene rings is 4. The fraction of sp³-hybridized carbons (Fsp3) is 0.172. The first kappa shape index (κ1) is 21.3. The van der Waals surface area contributed by atoms with Gasteiger partial charge >= 0.3 is 0 Å². The molecule has 0 saturated carbocycles. The lowest BCUT2D eigenvalue weighted by Crippen LogP contribution is -2.29. The molecule has 0 aromatic heterocycles. The van der Waals surface area contributed by atoms with Crippen molar-refractivity contribution in [3.8, 4) is 11.5 Å². The number of hydrogen-bond donors (Lipinski definition) is 2. The van der Waals surface area contributed by atoms with E-state index in [4.69, 9.17) is 9.47 Å². The summed E-state index contributed by atoms with van der Waals surface area (Å²) >= 11 is 0. The van der Waals surface area contributed by atoms with Crippen molar-refractivity contribution in [1.82, 2.24) is 0 Å². The lowest BCUT2D eigenvalue weighted by Gasteiger charge is -2.37. The van der Waals surface area contributed by atoms with Crippen molar-refractivity contribution in [2.24, 2.45) is 5.92 Å². The fourth-order valence-corrected chi connectivity index (χ4v) is 6.81. The van der Waals surface area contributed by atoms with E-state index >= 15 is 0 Å². The summed E-state index contributed by atoms with van der Waals surface area (Å²) in [6, 6.07) is 24.9. The Morgan fingerprint density at radius 1 is 0.889 bits per heavy atom. The van der Waals surface area contributed by atoms with Crippen molar-refractivity contribution in [2.75, 3.05) is 16.8 Å². The summed E-state index contributed by atoms with van der Waals surface area (Å²) in [5.74, 6) is 1.94. The first-order valence-electron chi connectivity index (χ1n) is 12.0. The van der Waals surface area contributed by atoms with E-state index in [0.717, 1.165) is 45.5 Å². The SMILES string of the molecule is O=S(=O)(Nc1cccc2ccccc12)c1ccc2c(c1)[C@H]1C=CC[C@H]1[C@@H](c1ccc3c(c1)OCO3)N2. The number of rotatable bonds is 4. The first-order valence-corrected chi connectivity index (χ1v) is 13.5. The Morgan fingerprint density at radius 3 is 2.69 bits per heavy atom. The zero-order valence-electron chi connectivity index (χ0n) is 19.3. The molecule has 0 fully saturated rings. The molecule has 0 unspecified atom stereocenters. The topological polar surface area (TPSA) is 76.7 Å². The van der Waals surface area contributed by atoms with Gasteiger partial charge in [0, 0.05) is 17.0 Å². The standard InChI is InChI=1S/C29H24N2O4S/c32-36(33,31-26-10-3-6-18-5-1-2-7-21(18)26)20-12-13-25-24(16-20)22-8-4-9-23(22)29(30-25)19-11-14-27-28(15-19)35-17-34-27/h1-8,10-16,22-23,29-31H,9,17H2/t22-,23+,29+/m0/s1. The van der Waals surface area contributed by atoms with E-state index in [2.05, 4.69) is 28.3 Å². The summed E-state index contributed by atoms with van der Waals surface area (Å²) in [6.07, 6.45) is 5.32. The third kappa shape index (κ3) is 3.42. The average molecular weight is 497 g/mol. The Hall–Kier alpha value is -3.97. The van der Waals surface area contributed by atoms with Gasteiger partial charge in [0.15, 0.2) is 11.5 Å². The molecule has 0 saturated heterocycles. The normalized spacial score (nSPS) is 21.6. The lowest BCUT2D eigenvalue weighted by molar-refractivity contribution is 0.174. The number of sulfonamides is 1. The molecule has 7 heteroatoms. The third-order valence-corrected chi connectivity index (χ3v) is 8.80. The predicted molar refractivity (Wildman–Crippen MR) is 140 cm³/mol. The van der Waals surface area contributed by atoms with Gasteiger partial charge in [-0.15, -0.1) is 0 Å². The van der Waals surface area contributed by atoms with Crippen LogP contribution in [0.15, 0.2) is 95.9 Å². The van der Waals surface area contributed by atoms with Crippen molar-refractivity contribution in [3.05, 3.63) is 102 Å². The molecule has 3 atom stereocenters. The second-order valence-corrected chi connectivity index (χ2v) is 11.2. The van der Waals surface area contributed by atoms with E-state index in [0.29, 0.717) is 5.69 Å². The summed E-state index contributed by atoms with van der Waals surface area (Å²) in [7, 11) is -3.77. The van der Waals surface area contributed by atoms with Gasteiger partial charge in [-0.1, -0.05) is 54.6 Å². The largest absolute Gasteiger partial charge is 0.454 e. The van der Waals surface area contributed by atoms with E-state index in [1.165, 1.54) is 0 Å². The molecule has 2 heterocycles. The van der Waals surface area contributed by atoms with Gasteiger partial charge in [0.05, 0.1) is 16.6 Å². The molecule has 2 aliphatic heterocycles. The Labute approximate surface area is 209 Å². The minimum Gasteiger partial charge on any atom is -0.454 e. The minimum absolute atomic E-state index is 0.0864. The van der Waals surface area contributed by atoms with Crippen LogP contribution in [0.3, 0.4) is 0 Å².